The van der Waals surface area contributed by atoms with Crippen LogP contribution in [-0.2, 0) is 24.0 Å². The Morgan fingerprint density at radius 2 is 1.55 bits per heavy atom. The summed E-state index contributed by atoms with van der Waals surface area (Å²) >= 11 is 3.89. The van der Waals surface area contributed by atoms with E-state index in [0.29, 0.717) is 19.4 Å². The van der Waals surface area contributed by atoms with Crippen molar-refractivity contribution in [1.82, 2.24) is 16.0 Å². The van der Waals surface area contributed by atoms with Crippen LogP contribution in [0, 0.1) is 0 Å². The van der Waals surface area contributed by atoms with Crippen LogP contribution >= 0.6 is 12.6 Å². The van der Waals surface area contributed by atoms with Crippen LogP contribution in [0.15, 0.2) is 0 Å². The molecule has 0 aliphatic rings. The fraction of sp³-hybridized carbons (Fsp3) is 0.706. The van der Waals surface area contributed by atoms with Crippen molar-refractivity contribution < 1.29 is 34.2 Å². The molecule has 0 saturated heterocycles. The molecule has 0 radical (unpaired) electrons. The van der Waals surface area contributed by atoms with Crippen molar-refractivity contribution in [2.45, 2.75) is 62.9 Å². The molecular formula is C17H32N6O7S. The lowest BCUT2D eigenvalue weighted by atomic mass is 10.1. The van der Waals surface area contributed by atoms with Crippen LogP contribution in [0.3, 0.4) is 0 Å². The molecule has 4 amide bonds. The summed E-state index contributed by atoms with van der Waals surface area (Å²) < 4.78 is 0. The molecule has 13 nitrogen and oxygen atoms in total. The van der Waals surface area contributed by atoms with E-state index in [1.54, 1.807) is 0 Å². The number of unbranched alkanes of at least 4 members (excludes halogenated alkanes) is 1. The smallest absolute Gasteiger partial charge is 0.326 e. The van der Waals surface area contributed by atoms with Gasteiger partial charge in [-0.15, -0.1) is 0 Å². The second-order valence-corrected chi connectivity index (χ2v) is 7.30. The van der Waals surface area contributed by atoms with Gasteiger partial charge in [0.2, 0.25) is 23.6 Å². The van der Waals surface area contributed by atoms with Gasteiger partial charge in [0.05, 0.1) is 18.6 Å². The molecule has 0 rings (SSSR count). The van der Waals surface area contributed by atoms with Gasteiger partial charge in [-0.05, 0) is 32.7 Å². The van der Waals surface area contributed by atoms with Gasteiger partial charge < -0.3 is 43.4 Å². The summed E-state index contributed by atoms with van der Waals surface area (Å²) in [5, 5.41) is 25.9. The molecule has 0 saturated carbocycles. The van der Waals surface area contributed by atoms with Gasteiger partial charge in [0, 0.05) is 5.75 Å². The number of hydrogen-bond acceptors (Lipinski definition) is 9. The van der Waals surface area contributed by atoms with Gasteiger partial charge in [0.1, 0.15) is 18.1 Å². The van der Waals surface area contributed by atoms with Crippen molar-refractivity contribution >= 4 is 42.2 Å². The van der Waals surface area contributed by atoms with Crippen LogP contribution in [0.4, 0.5) is 0 Å². The maximum absolute atomic E-state index is 12.6. The van der Waals surface area contributed by atoms with Crippen LogP contribution in [0.1, 0.15) is 32.6 Å². The van der Waals surface area contributed by atoms with Crippen LogP contribution in [0.2, 0.25) is 0 Å². The second kappa shape index (κ2) is 14.6. The van der Waals surface area contributed by atoms with E-state index in [-0.39, 0.29) is 12.2 Å². The first-order valence-corrected chi connectivity index (χ1v) is 10.2. The zero-order valence-corrected chi connectivity index (χ0v) is 18.1. The number of hydrogen-bond donors (Lipinski definition) is 9. The van der Waals surface area contributed by atoms with E-state index in [1.807, 2.05) is 0 Å². The number of aliphatic hydroxyl groups excluding tert-OH is 1. The minimum absolute atomic E-state index is 0.000537. The molecule has 178 valence electrons. The second-order valence-electron chi connectivity index (χ2n) is 6.93. The summed E-state index contributed by atoms with van der Waals surface area (Å²) in [5.74, 6) is -4.90. The third-order valence-corrected chi connectivity index (χ3v) is 4.59. The lowest BCUT2D eigenvalue weighted by molar-refractivity contribution is -0.144. The molecule has 5 atom stereocenters. The highest BCUT2D eigenvalue weighted by Crippen LogP contribution is 2.05. The van der Waals surface area contributed by atoms with Gasteiger partial charge in [-0.1, -0.05) is 0 Å². The maximum Gasteiger partial charge on any atom is 0.326 e. The number of carbonyl (C=O) groups excluding carboxylic acids is 4. The van der Waals surface area contributed by atoms with Crippen molar-refractivity contribution in [2.75, 3.05) is 12.3 Å². The Labute approximate surface area is 185 Å². The Hall–Kier alpha value is -2.42. The summed E-state index contributed by atoms with van der Waals surface area (Å²) in [5.41, 5.74) is 16.0. The summed E-state index contributed by atoms with van der Waals surface area (Å²) in [6, 6.07) is -5.25. The zero-order chi connectivity index (χ0) is 24.1. The van der Waals surface area contributed by atoms with Crippen molar-refractivity contribution in [3.05, 3.63) is 0 Å². The standard InChI is InChI=1S/C17H32N6O7S/c1-8(24)13(23-14(26)9(19)7-31)16(28)21-10(4-2-3-5-18)15(27)22-11(17(29)30)6-12(20)25/h8-11,13,24,31H,2-7,18-19H2,1H3,(H2,20,25)(H,21,28)(H,22,27)(H,23,26)(H,29,30). The van der Waals surface area contributed by atoms with Crippen LogP contribution < -0.4 is 33.2 Å². The first-order chi connectivity index (χ1) is 14.4. The molecule has 11 N–H and O–H groups in total. The average molecular weight is 465 g/mol. The van der Waals surface area contributed by atoms with E-state index < -0.39 is 66.3 Å². The molecule has 0 spiro atoms. The molecule has 0 aromatic rings. The molecule has 31 heavy (non-hydrogen) atoms. The number of primary amides is 1. The lowest BCUT2D eigenvalue weighted by Crippen LogP contribution is -2.60. The molecule has 0 fully saturated rings. The first kappa shape index (κ1) is 28.6. The number of carboxylic acids is 1. The number of carboxylic acid groups (broad SMARTS) is 1. The quantitative estimate of drug-likeness (QED) is 0.0850. The van der Waals surface area contributed by atoms with Gasteiger partial charge in [0.15, 0.2) is 0 Å². The predicted molar refractivity (Wildman–Crippen MR) is 114 cm³/mol. The van der Waals surface area contributed by atoms with Crippen molar-refractivity contribution in [1.29, 1.82) is 0 Å². The minimum atomic E-state index is -1.58. The largest absolute Gasteiger partial charge is 0.480 e. The van der Waals surface area contributed by atoms with Crippen molar-refractivity contribution in [2.24, 2.45) is 17.2 Å². The molecule has 0 aromatic heterocycles. The summed E-state index contributed by atoms with van der Waals surface area (Å²) in [4.78, 5) is 59.5. The number of thiol groups is 1. The Balaban J connectivity index is 5.42. The van der Waals surface area contributed by atoms with E-state index in [0.717, 1.165) is 0 Å². The fourth-order valence-corrected chi connectivity index (χ4v) is 2.61. The summed E-state index contributed by atoms with van der Waals surface area (Å²) in [6.07, 6.45) is -0.937. The van der Waals surface area contributed by atoms with Gasteiger partial charge in [-0.2, -0.15) is 12.6 Å². The number of nitrogens with one attached hydrogen (secondary N) is 3. The third kappa shape index (κ3) is 11.0. The molecule has 5 unspecified atom stereocenters. The van der Waals surface area contributed by atoms with Gasteiger partial charge in [0.25, 0.3) is 0 Å². The summed E-state index contributed by atoms with van der Waals surface area (Å²) in [6.45, 7) is 1.59. The molecule has 0 bridgehead atoms. The Kier molecular flexibility index (Phi) is 13.4. The fourth-order valence-electron chi connectivity index (χ4n) is 2.45. The minimum Gasteiger partial charge on any atom is -0.480 e. The van der Waals surface area contributed by atoms with Crippen molar-refractivity contribution in [3.63, 3.8) is 0 Å². The number of nitrogens with two attached hydrogens (primary N) is 3. The first-order valence-electron chi connectivity index (χ1n) is 9.61. The lowest BCUT2D eigenvalue weighted by Gasteiger charge is -2.26. The normalized spacial score (nSPS) is 15.6. The topological polar surface area (TPSA) is 240 Å². The van der Waals surface area contributed by atoms with Gasteiger partial charge in [-0.25, -0.2) is 4.79 Å². The Morgan fingerprint density at radius 1 is 0.968 bits per heavy atom. The summed E-state index contributed by atoms with van der Waals surface area (Å²) in [7, 11) is 0. The number of rotatable bonds is 15. The van der Waals surface area contributed by atoms with Gasteiger partial charge >= 0.3 is 5.97 Å². The highest BCUT2D eigenvalue weighted by Gasteiger charge is 2.32. The van der Waals surface area contributed by atoms with E-state index in [1.165, 1.54) is 6.92 Å². The number of aliphatic hydroxyl groups is 1. The Morgan fingerprint density at radius 3 is 2.00 bits per heavy atom. The maximum atomic E-state index is 12.6. The highest BCUT2D eigenvalue weighted by molar-refractivity contribution is 7.80. The van der Waals surface area contributed by atoms with Crippen LogP contribution in [0.25, 0.3) is 0 Å². The van der Waals surface area contributed by atoms with Crippen LogP contribution in [-0.4, -0.2) is 82.4 Å². The molecular weight excluding hydrogens is 432 g/mol. The molecule has 0 aromatic carbocycles. The SMILES string of the molecule is CC(O)C(NC(=O)C(N)CS)C(=O)NC(CCCCN)C(=O)NC(CC(N)=O)C(=O)O. The molecule has 0 heterocycles. The monoisotopic (exact) mass is 464 g/mol. The third-order valence-electron chi connectivity index (χ3n) is 4.20. The van der Waals surface area contributed by atoms with E-state index >= 15 is 0 Å². The van der Waals surface area contributed by atoms with Crippen molar-refractivity contribution in [3.8, 4) is 0 Å². The number of amides is 4. The Bertz CT molecular complexity index is 648. The van der Waals surface area contributed by atoms with E-state index in [2.05, 4.69) is 28.6 Å². The van der Waals surface area contributed by atoms with E-state index in [9.17, 15) is 29.1 Å². The van der Waals surface area contributed by atoms with E-state index in [4.69, 9.17) is 22.3 Å². The molecule has 0 aliphatic heterocycles. The highest BCUT2D eigenvalue weighted by atomic mass is 32.1. The average Bonchev–Trinajstić information content (AvgIpc) is 2.68. The zero-order valence-electron chi connectivity index (χ0n) is 17.2. The molecule has 0 aliphatic carbocycles. The number of aliphatic carboxylic acids is 1. The van der Waals surface area contributed by atoms with Gasteiger partial charge in [-0.3, -0.25) is 19.2 Å². The number of carbonyl (C=O) groups is 5. The molecule has 14 heteroatoms. The van der Waals surface area contributed by atoms with Crippen LogP contribution in [0.5, 0.6) is 0 Å². The predicted octanol–water partition coefficient (Wildman–Crippen LogP) is -3.83.